The van der Waals surface area contributed by atoms with Crippen LogP contribution in [0.2, 0.25) is 0 Å². The number of hydrogen-bond acceptors (Lipinski definition) is 5. The van der Waals surface area contributed by atoms with Crippen LogP contribution in [0.4, 0.5) is 0 Å². The summed E-state index contributed by atoms with van der Waals surface area (Å²) in [5, 5.41) is 10.3. The fraction of sp³-hybridized carbons (Fsp3) is 0.333. The molecule has 0 aliphatic carbocycles. The third-order valence-electron chi connectivity index (χ3n) is 4.68. The van der Waals surface area contributed by atoms with E-state index >= 15 is 0 Å². The van der Waals surface area contributed by atoms with E-state index in [9.17, 15) is 5.11 Å². The highest BCUT2D eigenvalue weighted by Crippen LogP contribution is 2.52. The lowest BCUT2D eigenvalue weighted by atomic mass is 9.91. The Kier molecular flexibility index (Phi) is 4.98. The number of allylic oxidation sites excluding steroid dienone is 1. The number of aromatic hydroxyl groups is 1. The molecule has 0 spiro atoms. The molecule has 1 aliphatic heterocycles. The highest BCUT2D eigenvalue weighted by molar-refractivity contribution is 5.62. The molecule has 2 aromatic carbocycles. The second kappa shape index (κ2) is 7.20. The third kappa shape index (κ3) is 2.94. The molecule has 5 heteroatoms. The van der Waals surface area contributed by atoms with Crippen LogP contribution in [0.5, 0.6) is 28.7 Å². The Labute approximate surface area is 153 Å². The maximum Gasteiger partial charge on any atom is 0.203 e. The Morgan fingerprint density at radius 3 is 2.35 bits per heavy atom. The minimum absolute atomic E-state index is 0.0233. The summed E-state index contributed by atoms with van der Waals surface area (Å²) in [5.74, 6) is 2.34. The lowest BCUT2D eigenvalue weighted by Gasteiger charge is -2.18. The molecule has 0 amide bonds. The number of phenolic OH excluding ortho intramolecular Hbond substituents is 1. The summed E-state index contributed by atoms with van der Waals surface area (Å²) in [5.41, 5.74) is 2.96. The normalized spacial score (nSPS) is 18.5. The predicted molar refractivity (Wildman–Crippen MR) is 101 cm³/mol. The zero-order valence-electron chi connectivity index (χ0n) is 15.7. The molecule has 0 saturated heterocycles. The molecule has 5 nitrogen and oxygen atoms in total. The van der Waals surface area contributed by atoms with Gasteiger partial charge in [0.15, 0.2) is 23.0 Å². The maximum atomic E-state index is 10.3. The van der Waals surface area contributed by atoms with Crippen LogP contribution in [0.25, 0.3) is 6.08 Å². The van der Waals surface area contributed by atoms with Gasteiger partial charge in [-0.3, -0.25) is 0 Å². The molecule has 1 N–H and O–H groups in total. The van der Waals surface area contributed by atoms with Crippen molar-refractivity contribution in [2.24, 2.45) is 0 Å². The van der Waals surface area contributed by atoms with E-state index in [4.69, 9.17) is 18.9 Å². The SMILES string of the molecule is CC=Cc1cc(OC)c2c(c1)[C@H](C)[C@@H](c1cc(O)c(OC)c(OC)c1)O2. The van der Waals surface area contributed by atoms with E-state index in [-0.39, 0.29) is 17.8 Å². The first kappa shape index (κ1) is 18.0. The summed E-state index contributed by atoms with van der Waals surface area (Å²) in [6.45, 7) is 4.08. The van der Waals surface area contributed by atoms with Gasteiger partial charge in [0.25, 0.3) is 0 Å². The van der Waals surface area contributed by atoms with Crippen LogP contribution in [0.15, 0.2) is 30.3 Å². The highest BCUT2D eigenvalue weighted by Gasteiger charge is 2.36. The minimum Gasteiger partial charge on any atom is -0.504 e. The first-order valence-corrected chi connectivity index (χ1v) is 8.50. The van der Waals surface area contributed by atoms with Gasteiger partial charge in [-0.15, -0.1) is 0 Å². The van der Waals surface area contributed by atoms with Crippen molar-refractivity contribution in [1.29, 1.82) is 0 Å². The van der Waals surface area contributed by atoms with Crippen molar-refractivity contribution in [3.8, 4) is 28.7 Å². The van der Waals surface area contributed by atoms with Crippen molar-refractivity contribution in [2.75, 3.05) is 21.3 Å². The lowest BCUT2D eigenvalue weighted by Crippen LogP contribution is -2.08. The van der Waals surface area contributed by atoms with E-state index in [0.29, 0.717) is 17.2 Å². The van der Waals surface area contributed by atoms with Gasteiger partial charge in [0, 0.05) is 17.0 Å². The van der Waals surface area contributed by atoms with Crippen molar-refractivity contribution in [3.63, 3.8) is 0 Å². The second-order valence-electron chi connectivity index (χ2n) is 6.24. The van der Waals surface area contributed by atoms with Gasteiger partial charge in [-0.2, -0.15) is 0 Å². The monoisotopic (exact) mass is 356 g/mol. The molecule has 0 saturated carbocycles. The third-order valence-corrected chi connectivity index (χ3v) is 4.68. The van der Waals surface area contributed by atoms with Gasteiger partial charge in [0.1, 0.15) is 6.10 Å². The average Bonchev–Trinajstić information content (AvgIpc) is 2.97. The van der Waals surface area contributed by atoms with Crippen LogP contribution < -0.4 is 18.9 Å². The quantitative estimate of drug-likeness (QED) is 0.842. The molecule has 2 aromatic rings. The van der Waals surface area contributed by atoms with E-state index in [1.165, 1.54) is 7.11 Å². The maximum absolute atomic E-state index is 10.3. The molecular formula is C21H24O5. The summed E-state index contributed by atoms with van der Waals surface area (Å²) >= 11 is 0. The van der Waals surface area contributed by atoms with Crippen molar-refractivity contribution < 1.29 is 24.1 Å². The van der Waals surface area contributed by atoms with E-state index in [1.54, 1.807) is 20.3 Å². The van der Waals surface area contributed by atoms with Crippen molar-refractivity contribution in [2.45, 2.75) is 25.9 Å². The fourth-order valence-electron chi connectivity index (χ4n) is 3.43. The summed E-state index contributed by atoms with van der Waals surface area (Å²) in [4.78, 5) is 0. The van der Waals surface area contributed by atoms with Crippen LogP contribution in [0.3, 0.4) is 0 Å². The predicted octanol–water partition coefficient (Wildman–Crippen LogP) is 4.69. The smallest absolute Gasteiger partial charge is 0.203 e. The molecule has 3 rings (SSSR count). The fourth-order valence-corrected chi connectivity index (χ4v) is 3.43. The van der Waals surface area contributed by atoms with E-state index in [0.717, 1.165) is 22.4 Å². The van der Waals surface area contributed by atoms with E-state index in [2.05, 4.69) is 13.0 Å². The Morgan fingerprint density at radius 2 is 1.73 bits per heavy atom. The molecule has 1 aliphatic rings. The molecule has 0 fully saturated rings. The summed E-state index contributed by atoms with van der Waals surface area (Å²) < 4.78 is 22.3. The lowest BCUT2D eigenvalue weighted by molar-refractivity contribution is 0.207. The van der Waals surface area contributed by atoms with Crippen LogP contribution >= 0.6 is 0 Å². The topological polar surface area (TPSA) is 57.2 Å². The number of fused-ring (bicyclic) bond motifs is 1. The molecule has 0 aromatic heterocycles. The molecule has 0 unspecified atom stereocenters. The number of ether oxygens (including phenoxy) is 4. The zero-order valence-corrected chi connectivity index (χ0v) is 15.7. The summed E-state index contributed by atoms with van der Waals surface area (Å²) in [6, 6.07) is 7.57. The van der Waals surface area contributed by atoms with Crippen LogP contribution in [0.1, 0.15) is 42.6 Å². The van der Waals surface area contributed by atoms with Crippen LogP contribution in [-0.2, 0) is 0 Å². The van der Waals surface area contributed by atoms with Gasteiger partial charge in [0.05, 0.1) is 21.3 Å². The van der Waals surface area contributed by atoms with Gasteiger partial charge in [-0.1, -0.05) is 19.1 Å². The molecular weight excluding hydrogens is 332 g/mol. The minimum atomic E-state index is -0.259. The number of phenols is 1. The summed E-state index contributed by atoms with van der Waals surface area (Å²) in [7, 11) is 4.68. The number of benzene rings is 2. The Morgan fingerprint density at radius 1 is 1.00 bits per heavy atom. The molecule has 26 heavy (non-hydrogen) atoms. The van der Waals surface area contributed by atoms with Gasteiger partial charge in [0.2, 0.25) is 5.75 Å². The molecule has 0 radical (unpaired) electrons. The van der Waals surface area contributed by atoms with Crippen LogP contribution in [-0.4, -0.2) is 26.4 Å². The number of rotatable bonds is 5. The first-order valence-electron chi connectivity index (χ1n) is 8.50. The highest BCUT2D eigenvalue weighted by atomic mass is 16.5. The Balaban J connectivity index is 2.05. The van der Waals surface area contributed by atoms with Gasteiger partial charge in [-0.25, -0.2) is 0 Å². The summed E-state index contributed by atoms with van der Waals surface area (Å²) in [6.07, 6.45) is 3.77. The van der Waals surface area contributed by atoms with E-state index < -0.39 is 0 Å². The molecule has 2 atom stereocenters. The average molecular weight is 356 g/mol. The largest absolute Gasteiger partial charge is 0.504 e. The van der Waals surface area contributed by atoms with Gasteiger partial charge >= 0.3 is 0 Å². The van der Waals surface area contributed by atoms with Crippen molar-refractivity contribution in [3.05, 3.63) is 47.0 Å². The second-order valence-corrected chi connectivity index (χ2v) is 6.24. The Hall–Kier alpha value is -2.82. The van der Waals surface area contributed by atoms with Gasteiger partial charge in [-0.05, 0) is 36.8 Å². The molecule has 1 heterocycles. The number of methoxy groups -OCH3 is 3. The van der Waals surface area contributed by atoms with Crippen molar-refractivity contribution >= 4 is 6.08 Å². The van der Waals surface area contributed by atoms with Gasteiger partial charge < -0.3 is 24.1 Å². The Bertz CT molecular complexity index is 841. The van der Waals surface area contributed by atoms with E-state index in [1.807, 2.05) is 31.2 Å². The standard InChI is InChI=1S/C21H24O5/c1-6-7-13-8-15-12(2)19(26-20(15)17(9-13)23-3)14-10-16(22)21(25-5)18(11-14)24-4/h6-12,19,22H,1-5H3/t12-,19-/m0/s1. The molecule has 0 bridgehead atoms. The first-order chi connectivity index (χ1) is 12.5. The molecule has 138 valence electrons. The van der Waals surface area contributed by atoms with Crippen LogP contribution in [0, 0.1) is 0 Å². The zero-order chi connectivity index (χ0) is 18.8. The van der Waals surface area contributed by atoms with Crippen molar-refractivity contribution in [1.82, 2.24) is 0 Å². The number of hydrogen-bond donors (Lipinski definition) is 1.